The molecule has 17 heavy (non-hydrogen) atoms. The fourth-order valence-corrected chi connectivity index (χ4v) is 1.75. The number of amides is 2. The molecule has 6 heteroatoms. The molecule has 6 nitrogen and oxygen atoms in total. The van der Waals surface area contributed by atoms with Crippen LogP contribution in [-0.2, 0) is 9.53 Å². The molecule has 0 spiro atoms. The first-order chi connectivity index (χ1) is 8.13. The van der Waals surface area contributed by atoms with Gasteiger partial charge in [-0.15, -0.1) is 0 Å². The smallest absolute Gasteiger partial charge is 0.317 e. The Morgan fingerprint density at radius 2 is 2.29 bits per heavy atom. The molecule has 0 radical (unpaired) electrons. The van der Waals surface area contributed by atoms with Gasteiger partial charge in [0.05, 0.1) is 19.1 Å². The van der Waals surface area contributed by atoms with Gasteiger partial charge in [0.2, 0.25) is 0 Å². The minimum absolute atomic E-state index is 0.0254. The highest BCUT2D eigenvalue weighted by molar-refractivity contribution is 5.75. The summed E-state index contributed by atoms with van der Waals surface area (Å²) in [7, 11) is 0. The normalized spacial score (nSPS) is 19.7. The van der Waals surface area contributed by atoms with Crippen molar-refractivity contribution in [2.24, 2.45) is 0 Å². The second-order valence-corrected chi connectivity index (χ2v) is 4.09. The van der Waals surface area contributed by atoms with Gasteiger partial charge in [0, 0.05) is 19.7 Å². The Kier molecular flexibility index (Phi) is 5.76. The van der Waals surface area contributed by atoms with Crippen LogP contribution in [0.1, 0.15) is 26.2 Å². The first-order valence-electron chi connectivity index (χ1n) is 5.98. The summed E-state index contributed by atoms with van der Waals surface area (Å²) in [5.74, 6) is -0.891. The average molecular weight is 244 g/mol. The van der Waals surface area contributed by atoms with Crippen LogP contribution in [0.15, 0.2) is 0 Å². The number of hydrogen-bond donors (Lipinski definition) is 2. The molecule has 98 valence electrons. The number of ether oxygens (including phenoxy) is 1. The average Bonchev–Trinajstić information content (AvgIpc) is 2.30. The number of carbonyl (C=O) groups excluding carboxylic acids is 1. The molecule has 1 rings (SSSR count). The lowest BCUT2D eigenvalue weighted by Crippen LogP contribution is -2.48. The van der Waals surface area contributed by atoms with Gasteiger partial charge in [0.15, 0.2) is 0 Å². The summed E-state index contributed by atoms with van der Waals surface area (Å²) in [6, 6.07) is -0.153. The van der Waals surface area contributed by atoms with E-state index in [2.05, 4.69) is 5.32 Å². The number of urea groups is 1. The Morgan fingerprint density at radius 3 is 2.82 bits per heavy atom. The Bertz CT molecular complexity index is 264. The number of carbonyl (C=O) groups is 2. The third-order valence-corrected chi connectivity index (χ3v) is 2.75. The molecular weight excluding hydrogens is 224 g/mol. The lowest BCUT2D eigenvalue weighted by molar-refractivity contribution is -0.137. The molecule has 0 bridgehead atoms. The van der Waals surface area contributed by atoms with E-state index in [1.165, 1.54) is 4.90 Å². The van der Waals surface area contributed by atoms with Gasteiger partial charge in [-0.3, -0.25) is 4.79 Å². The molecule has 2 N–H and O–H groups in total. The number of hydrogen-bond acceptors (Lipinski definition) is 3. The SMILES string of the molecule is CCN(CCC(=O)O)C(=O)NC1CCCOC1. The number of nitrogens with one attached hydrogen (secondary N) is 1. The molecule has 1 aliphatic heterocycles. The highest BCUT2D eigenvalue weighted by Crippen LogP contribution is 2.06. The minimum Gasteiger partial charge on any atom is -0.481 e. The van der Waals surface area contributed by atoms with E-state index < -0.39 is 5.97 Å². The largest absolute Gasteiger partial charge is 0.481 e. The molecule has 1 fully saturated rings. The Balaban J connectivity index is 2.34. The van der Waals surface area contributed by atoms with Gasteiger partial charge >= 0.3 is 12.0 Å². The first-order valence-corrected chi connectivity index (χ1v) is 5.98. The van der Waals surface area contributed by atoms with Crippen molar-refractivity contribution in [3.63, 3.8) is 0 Å². The van der Waals surface area contributed by atoms with Crippen molar-refractivity contribution in [2.45, 2.75) is 32.2 Å². The van der Waals surface area contributed by atoms with Crippen LogP contribution in [0.2, 0.25) is 0 Å². The van der Waals surface area contributed by atoms with Crippen LogP contribution in [0.4, 0.5) is 4.79 Å². The molecular formula is C11H20N2O4. The summed E-state index contributed by atoms with van der Waals surface area (Å²) in [5, 5.41) is 11.4. The highest BCUT2D eigenvalue weighted by atomic mass is 16.5. The van der Waals surface area contributed by atoms with E-state index in [-0.39, 0.29) is 25.0 Å². The summed E-state index contributed by atoms with van der Waals surface area (Å²) in [6.07, 6.45) is 1.84. The van der Waals surface area contributed by atoms with Gasteiger partial charge in [-0.05, 0) is 19.8 Å². The van der Waals surface area contributed by atoms with Crippen molar-refractivity contribution in [1.82, 2.24) is 10.2 Å². The molecule has 1 heterocycles. The number of carboxylic acid groups (broad SMARTS) is 1. The predicted octanol–water partition coefficient (Wildman–Crippen LogP) is 0.672. The third kappa shape index (κ3) is 5.04. The van der Waals surface area contributed by atoms with E-state index in [0.717, 1.165) is 19.4 Å². The Morgan fingerprint density at radius 1 is 1.53 bits per heavy atom. The van der Waals surface area contributed by atoms with Crippen molar-refractivity contribution < 1.29 is 19.4 Å². The molecule has 1 saturated heterocycles. The Labute approximate surface area is 101 Å². The van der Waals surface area contributed by atoms with Crippen LogP contribution in [0.25, 0.3) is 0 Å². The van der Waals surface area contributed by atoms with Gasteiger partial charge in [0.25, 0.3) is 0 Å². The number of nitrogens with zero attached hydrogens (tertiary/aromatic N) is 1. The van der Waals surface area contributed by atoms with Crippen LogP contribution in [0, 0.1) is 0 Å². The highest BCUT2D eigenvalue weighted by Gasteiger charge is 2.19. The van der Waals surface area contributed by atoms with Crippen LogP contribution < -0.4 is 5.32 Å². The Hall–Kier alpha value is -1.30. The lowest BCUT2D eigenvalue weighted by atomic mass is 10.1. The molecule has 1 unspecified atom stereocenters. The van der Waals surface area contributed by atoms with Gasteiger partial charge in [-0.1, -0.05) is 0 Å². The molecule has 2 amide bonds. The fraction of sp³-hybridized carbons (Fsp3) is 0.818. The molecule has 0 aliphatic carbocycles. The topological polar surface area (TPSA) is 78.9 Å². The quantitative estimate of drug-likeness (QED) is 0.745. The molecule has 1 aliphatic rings. The minimum atomic E-state index is -0.891. The van der Waals surface area contributed by atoms with Crippen LogP contribution in [-0.4, -0.2) is 54.4 Å². The van der Waals surface area contributed by atoms with Crippen molar-refractivity contribution in [2.75, 3.05) is 26.3 Å². The molecule has 1 atom stereocenters. The number of carboxylic acids is 1. The van der Waals surface area contributed by atoms with Gasteiger partial charge < -0.3 is 20.1 Å². The zero-order chi connectivity index (χ0) is 12.7. The first kappa shape index (κ1) is 13.8. The maximum absolute atomic E-state index is 11.8. The molecule has 0 saturated carbocycles. The van der Waals surface area contributed by atoms with Crippen LogP contribution in [0.3, 0.4) is 0 Å². The van der Waals surface area contributed by atoms with Gasteiger partial charge in [0.1, 0.15) is 0 Å². The van der Waals surface area contributed by atoms with Crippen molar-refractivity contribution in [3.8, 4) is 0 Å². The van der Waals surface area contributed by atoms with Crippen molar-refractivity contribution >= 4 is 12.0 Å². The summed E-state index contributed by atoms with van der Waals surface area (Å²) in [5.41, 5.74) is 0. The van der Waals surface area contributed by atoms with Crippen molar-refractivity contribution in [1.29, 1.82) is 0 Å². The maximum atomic E-state index is 11.8. The van der Waals surface area contributed by atoms with Crippen LogP contribution >= 0.6 is 0 Å². The number of aliphatic carboxylic acids is 1. The third-order valence-electron chi connectivity index (χ3n) is 2.75. The zero-order valence-electron chi connectivity index (χ0n) is 10.1. The van der Waals surface area contributed by atoms with Gasteiger partial charge in [-0.25, -0.2) is 4.79 Å². The molecule has 0 aromatic rings. The monoisotopic (exact) mass is 244 g/mol. The lowest BCUT2D eigenvalue weighted by Gasteiger charge is -2.27. The maximum Gasteiger partial charge on any atom is 0.317 e. The van der Waals surface area contributed by atoms with E-state index in [4.69, 9.17) is 9.84 Å². The predicted molar refractivity (Wildman–Crippen MR) is 61.9 cm³/mol. The van der Waals surface area contributed by atoms with Crippen LogP contribution in [0.5, 0.6) is 0 Å². The molecule has 0 aromatic carbocycles. The summed E-state index contributed by atoms with van der Waals surface area (Å²) in [4.78, 5) is 23.8. The van der Waals surface area contributed by atoms with E-state index >= 15 is 0 Å². The van der Waals surface area contributed by atoms with Gasteiger partial charge in [-0.2, -0.15) is 0 Å². The van der Waals surface area contributed by atoms with E-state index in [9.17, 15) is 9.59 Å². The second kappa shape index (κ2) is 7.11. The van der Waals surface area contributed by atoms with E-state index in [0.29, 0.717) is 13.2 Å². The second-order valence-electron chi connectivity index (χ2n) is 4.09. The summed E-state index contributed by atoms with van der Waals surface area (Å²) >= 11 is 0. The van der Waals surface area contributed by atoms with E-state index in [1.807, 2.05) is 6.92 Å². The van der Waals surface area contributed by atoms with Crippen molar-refractivity contribution in [3.05, 3.63) is 0 Å². The summed E-state index contributed by atoms with van der Waals surface area (Å²) < 4.78 is 5.27. The summed E-state index contributed by atoms with van der Waals surface area (Å²) in [6.45, 7) is 3.88. The molecule has 0 aromatic heterocycles. The standard InChI is InChI=1S/C11H20N2O4/c1-2-13(6-5-10(14)15)11(16)12-9-4-3-7-17-8-9/h9H,2-8H2,1H3,(H,12,16)(H,14,15). The number of rotatable bonds is 5. The zero-order valence-corrected chi connectivity index (χ0v) is 10.1. The van der Waals surface area contributed by atoms with E-state index in [1.54, 1.807) is 0 Å². The fourth-order valence-electron chi connectivity index (χ4n) is 1.75.